The zero-order valence-corrected chi connectivity index (χ0v) is 15.9. The number of likely N-dealkylation sites (tertiary alicyclic amines) is 1. The van der Waals surface area contributed by atoms with Crippen molar-refractivity contribution in [2.75, 3.05) is 26.9 Å². The van der Waals surface area contributed by atoms with Crippen LogP contribution in [0.3, 0.4) is 0 Å². The van der Waals surface area contributed by atoms with Crippen molar-refractivity contribution in [1.82, 2.24) is 4.90 Å². The van der Waals surface area contributed by atoms with Gasteiger partial charge in [-0.2, -0.15) is 0 Å². The quantitative estimate of drug-likeness (QED) is 0.872. The summed E-state index contributed by atoms with van der Waals surface area (Å²) in [4.78, 5) is 15.2. The average Bonchev–Trinajstić information content (AvgIpc) is 3.24. The van der Waals surface area contributed by atoms with Crippen LogP contribution in [0.4, 0.5) is 0 Å². The van der Waals surface area contributed by atoms with E-state index in [9.17, 15) is 4.79 Å². The van der Waals surface area contributed by atoms with E-state index in [4.69, 9.17) is 19.0 Å². The standard InChI is InChI=1S/C21H27NO5/c1-14-11-16-12-15(3-4-18(16)27-14)20(24)22-8-7-21(25-2)6-5-17(13-19(21)22)26-10-9-23/h3-4,11-12,17,19,23H,5-10,13H2,1-2H3/t17-,19-,21+/m0/s1. The first-order valence-corrected chi connectivity index (χ1v) is 9.65. The third kappa shape index (κ3) is 3.26. The van der Waals surface area contributed by atoms with Crippen LogP contribution in [0.5, 0.6) is 0 Å². The number of furan rings is 1. The summed E-state index contributed by atoms with van der Waals surface area (Å²) >= 11 is 0. The van der Waals surface area contributed by atoms with Crippen molar-refractivity contribution in [1.29, 1.82) is 0 Å². The van der Waals surface area contributed by atoms with Crippen LogP contribution in [-0.4, -0.2) is 60.5 Å². The molecule has 1 amide bonds. The molecule has 0 unspecified atom stereocenters. The normalized spacial score (nSPS) is 27.9. The van der Waals surface area contributed by atoms with Gasteiger partial charge < -0.3 is 23.9 Å². The second-order valence-electron chi connectivity index (χ2n) is 7.63. The zero-order valence-electron chi connectivity index (χ0n) is 15.9. The summed E-state index contributed by atoms with van der Waals surface area (Å²) in [5.74, 6) is 0.868. The molecule has 0 radical (unpaired) electrons. The number of nitrogens with zero attached hydrogens (tertiary/aromatic N) is 1. The van der Waals surface area contributed by atoms with Crippen molar-refractivity contribution in [3.05, 3.63) is 35.6 Å². The molecular formula is C21H27NO5. The van der Waals surface area contributed by atoms with Gasteiger partial charge in [-0.25, -0.2) is 0 Å². The van der Waals surface area contributed by atoms with Crippen molar-refractivity contribution in [2.45, 2.75) is 50.4 Å². The van der Waals surface area contributed by atoms with Crippen molar-refractivity contribution in [3.8, 4) is 0 Å². The van der Waals surface area contributed by atoms with Crippen LogP contribution in [0.15, 0.2) is 28.7 Å². The molecule has 1 N–H and O–H groups in total. The summed E-state index contributed by atoms with van der Waals surface area (Å²) in [5, 5.41) is 9.98. The molecule has 0 bridgehead atoms. The summed E-state index contributed by atoms with van der Waals surface area (Å²) < 4.78 is 17.3. The van der Waals surface area contributed by atoms with Gasteiger partial charge >= 0.3 is 0 Å². The Kier molecular flexibility index (Phi) is 4.97. The topological polar surface area (TPSA) is 72.1 Å². The van der Waals surface area contributed by atoms with Gasteiger partial charge in [0.2, 0.25) is 0 Å². The Bertz CT molecular complexity index is 831. The maximum atomic E-state index is 13.3. The molecule has 1 saturated carbocycles. The van der Waals surface area contributed by atoms with Gasteiger partial charge in [0.1, 0.15) is 11.3 Å². The predicted molar refractivity (Wildman–Crippen MR) is 101 cm³/mol. The van der Waals surface area contributed by atoms with Gasteiger partial charge in [0.25, 0.3) is 5.91 Å². The minimum atomic E-state index is -0.287. The minimum absolute atomic E-state index is 0.00535. The lowest BCUT2D eigenvalue weighted by molar-refractivity contribution is -0.0992. The lowest BCUT2D eigenvalue weighted by Gasteiger charge is -2.43. The molecule has 2 aliphatic rings. The largest absolute Gasteiger partial charge is 0.461 e. The third-order valence-electron chi connectivity index (χ3n) is 6.13. The van der Waals surface area contributed by atoms with E-state index in [0.717, 1.165) is 42.4 Å². The molecule has 1 aliphatic heterocycles. The van der Waals surface area contributed by atoms with E-state index in [-0.39, 0.29) is 30.3 Å². The number of amides is 1. The number of methoxy groups -OCH3 is 1. The van der Waals surface area contributed by atoms with E-state index >= 15 is 0 Å². The molecule has 4 rings (SSSR count). The van der Waals surface area contributed by atoms with Crippen LogP contribution in [-0.2, 0) is 9.47 Å². The first-order chi connectivity index (χ1) is 13.1. The molecule has 1 saturated heterocycles. The fourth-order valence-corrected chi connectivity index (χ4v) is 4.75. The van der Waals surface area contributed by atoms with Crippen LogP contribution < -0.4 is 0 Å². The molecule has 1 aromatic heterocycles. The summed E-state index contributed by atoms with van der Waals surface area (Å²) in [6.45, 7) is 2.95. The maximum Gasteiger partial charge on any atom is 0.254 e. The molecule has 6 heteroatoms. The zero-order chi connectivity index (χ0) is 19.0. The molecule has 1 aromatic carbocycles. The van der Waals surface area contributed by atoms with Gasteiger partial charge in [-0.3, -0.25) is 4.79 Å². The number of ether oxygens (including phenoxy) is 2. The first-order valence-electron chi connectivity index (χ1n) is 9.65. The number of fused-ring (bicyclic) bond motifs is 2. The predicted octanol–water partition coefficient (Wildman–Crippen LogP) is 2.90. The number of hydrogen-bond acceptors (Lipinski definition) is 5. The van der Waals surface area contributed by atoms with Crippen molar-refractivity contribution in [3.63, 3.8) is 0 Å². The smallest absolute Gasteiger partial charge is 0.254 e. The number of rotatable bonds is 5. The highest BCUT2D eigenvalue weighted by Gasteiger charge is 2.52. The van der Waals surface area contributed by atoms with Gasteiger partial charge in [0.05, 0.1) is 31.0 Å². The lowest BCUT2D eigenvalue weighted by Crippen LogP contribution is -2.53. The van der Waals surface area contributed by atoms with Gasteiger partial charge in [-0.1, -0.05) is 0 Å². The first kappa shape index (κ1) is 18.5. The number of carbonyl (C=O) groups is 1. The number of benzene rings is 1. The lowest BCUT2D eigenvalue weighted by atomic mass is 9.79. The fourth-order valence-electron chi connectivity index (χ4n) is 4.75. The molecular weight excluding hydrogens is 346 g/mol. The maximum absolute atomic E-state index is 13.3. The van der Waals surface area contributed by atoms with E-state index in [2.05, 4.69) is 0 Å². The monoisotopic (exact) mass is 373 g/mol. The van der Waals surface area contributed by atoms with E-state index in [1.54, 1.807) is 7.11 Å². The minimum Gasteiger partial charge on any atom is -0.461 e. The summed E-state index contributed by atoms with van der Waals surface area (Å²) in [7, 11) is 1.75. The summed E-state index contributed by atoms with van der Waals surface area (Å²) in [5.41, 5.74) is 1.19. The van der Waals surface area contributed by atoms with Gasteiger partial charge in [0.15, 0.2) is 0 Å². The van der Waals surface area contributed by atoms with Gasteiger partial charge in [0, 0.05) is 24.6 Å². The van der Waals surface area contributed by atoms with E-state index in [0.29, 0.717) is 18.7 Å². The highest BCUT2D eigenvalue weighted by molar-refractivity contribution is 5.98. The number of aliphatic hydroxyl groups excluding tert-OH is 1. The average molecular weight is 373 g/mol. The van der Waals surface area contributed by atoms with Crippen molar-refractivity contribution >= 4 is 16.9 Å². The highest BCUT2D eigenvalue weighted by atomic mass is 16.5. The Hall–Kier alpha value is -1.89. The number of aliphatic hydroxyl groups is 1. The van der Waals surface area contributed by atoms with Crippen molar-refractivity contribution in [2.24, 2.45) is 0 Å². The second-order valence-corrected chi connectivity index (χ2v) is 7.63. The van der Waals surface area contributed by atoms with E-state index in [1.807, 2.05) is 36.1 Å². The van der Waals surface area contributed by atoms with Crippen molar-refractivity contribution < 1.29 is 23.8 Å². The Morgan fingerprint density at radius 2 is 2.22 bits per heavy atom. The molecule has 1 aliphatic carbocycles. The van der Waals surface area contributed by atoms with Crippen LogP contribution in [0.25, 0.3) is 11.0 Å². The number of hydrogen-bond donors (Lipinski definition) is 1. The summed E-state index contributed by atoms with van der Waals surface area (Å²) in [6.07, 6.45) is 3.41. The Morgan fingerprint density at radius 1 is 1.37 bits per heavy atom. The van der Waals surface area contributed by atoms with E-state index in [1.165, 1.54) is 0 Å². The Morgan fingerprint density at radius 3 is 3.00 bits per heavy atom. The molecule has 2 heterocycles. The summed E-state index contributed by atoms with van der Waals surface area (Å²) in [6, 6.07) is 7.55. The fraction of sp³-hybridized carbons (Fsp3) is 0.571. The van der Waals surface area contributed by atoms with Crippen LogP contribution in [0, 0.1) is 6.92 Å². The molecule has 146 valence electrons. The Balaban J connectivity index is 1.58. The highest BCUT2D eigenvalue weighted by Crippen LogP contribution is 2.43. The third-order valence-corrected chi connectivity index (χ3v) is 6.13. The molecule has 6 nitrogen and oxygen atoms in total. The van der Waals surface area contributed by atoms with Gasteiger partial charge in [-0.05, 0) is 56.9 Å². The molecule has 2 aromatic rings. The molecule has 3 atom stereocenters. The van der Waals surface area contributed by atoms with Crippen LogP contribution >= 0.6 is 0 Å². The SMILES string of the molecule is CO[C@@]12CC[C@H](OCCO)C[C@@H]1N(C(=O)c1ccc3oc(C)cc3c1)CC2. The van der Waals surface area contributed by atoms with Crippen LogP contribution in [0.1, 0.15) is 41.8 Å². The van der Waals surface area contributed by atoms with Crippen LogP contribution in [0.2, 0.25) is 0 Å². The number of carbonyl (C=O) groups excluding carboxylic acids is 1. The number of aryl methyl sites for hydroxylation is 1. The molecule has 2 fully saturated rings. The molecule has 27 heavy (non-hydrogen) atoms. The van der Waals surface area contributed by atoms with E-state index < -0.39 is 0 Å². The second kappa shape index (κ2) is 7.26. The van der Waals surface area contributed by atoms with Gasteiger partial charge in [-0.15, -0.1) is 0 Å². The molecule has 0 spiro atoms. The Labute approximate surface area is 159 Å².